The summed E-state index contributed by atoms with van der Waals surface area (Å²) in [6.07, 6.45) is 9.32. The van der Waals surface area contributed by atoms with E-state index in [0.717, 1.165) is 5.69 Å². The van der Waals surface area contributed by atoms with Gasteiger partial charge in [0.05, 0.1) is 0 Å². The summed E-state index contributed by atoms with van der Waals surface area (Å²) in [6.45, 7) is 1.78. The Kier molecular flexibility index (Phi) is 5.61. The van der Waals surface area contributed by atoms with E-state index in [2.05, 4.69) is 25.7 Å². The largest absolute Gasteiger partial charge is 0.339 e. The third-order valence-corrected chi connectivity index (χ3v) is 4.52. The molecule has 0 radical (unpaired) electrons. The Balaban J connectivity index is 1.44. The van der Waals surface area contributed by atoms with E-state index < -0.39 is 0 Å². The smallest absolute Gasteiger partial charge is 0.226 e. The van der Waals surface area contributed by atoms with Crippen molar-refractivity contribution in [3.63, 3.8) is 0 Å². The van der Waals surface area contributed by atoms with Crippen molar-refractivity contribution in [1.29, 1.82) is 0 Å². The van der Waals surface area contributed by atoms with Gasteiger partial charge in [-0.25, -0.2) is 0 Å². The molecular formula is C17H25N5O2. The number of H-pyrrole nitrogens is 1. The van der Waals surface area contributed by atoms with Crippen molar-refractivity contribution in [3.8, 4) is 0 Å². The molecule has 7 nitrogen and oxygen atoms in total. The maximum Gasteiger partial charge on any atom is 0.226 e. The number of hydrogen-bond acceptors (Lipinski definition) is 5. The summed E-state index contributed by atoms with van der Waals surface area (Å²) in [5.41, 5.74) is 1.15. The van der Waals surface area contributed by atoms with Gasteiger partial charge in [-0.15, -0.1) is 0 Å². The van der Waals surface area contributed by atoms with Gasteiger partial charge in [0.15, 0.2) is 11.6 Å². The van der Waals surface area contributed by atoms with Crippen molar-refractivity contribution in [2.45, 2.75) is 70.6 Å². The molecule has 0 saturated heterocycles. The van der Waals surface area contributed by atoms with Crippen molar-refractivity contribution < 1.29 is 9.32 Å². The fourth-order valence-electron chi connectivity index (χ4n) is 3.25. The molecule has 0 aliphatic heterocycles. The first kappa shape index (κ1) is 16.7. The van der Waals surface area contributed by atoms with E-state index in [-0.39, 0.29) is 5.91 Å². The molecule has 3 rings (SSSR count). The molecule has 0 unspecified atom stereocenters. The van der Waals surface area contributed by atoms with Crippen molar-refractivity contribution >= 4 is 11.7 Å². The van der Waals surface area contributed by atoms with Gasteiger partial charge in [0.2, 0.25) is 11.8 Å². The highest BCUT2D eigenvalue weighted by atomic mass is 16.5. The number of aromatic nitrogens is 4. The molecule has 0 atom stereocenters. The minimum Gasteiger partial charge on any atom is -0.339 e. The van der Waals surface area contributed by atoms with Crippen LogP contribution in [0.4, 0.5) is 5.82 Å². The van der Waals surface area contributed by atoms with Crippen LogP contribution < -0.4 is 5.32 Å². The molecule has 2 aromatic rings. The Labute approximate surface area is 141 Å². The highest BCUT2D eigenvalue weighted by Crippen LogP contribution is 2.31. The summed E-state index contributed by atoms with van der Waals surface area (Å²) >= 11 is 0. The summed E-state index contributed by atoms with van der Waals surface area (Å²) < 4.78 is 5.03. The molecule has 2 N–H and O–H groups in total. The number of nitrogens with zero attached hydrogens (tertiary/aromatic N) is 3. The Morgan fingerprint density at radius 1 is 1.33 bits per heavy atom. The maximum absolute atomic E-state index is 12.0. The Morgan fingerprint density at radius 3 is 2.83 bits per heavy atom. The first-order valence-electron chi connectivity index (χ1n) is 8.85. The summed E-state index contributed by atoms with van der Waals surface area (Å²) in [5.74, 6) is 2.33. The second-order valence-corrected chi connectivity index (χ2v) is 6.53. The molecule has 2 aromatic heterocycles. The Morgan fingerprint density at radius 2 is 2.12 bits per heavy atom. The number of anilines is 1. The minimum atomic E-state index is -0.0369. The molecule has 24 heavy (non-hydrogen) atoms. The van der Waals surface area contributed by atoms with Gasteiger partial charge < -0.3 is 9.84 Å². The third-order valence-electron chi connectivity index (χ3n) is 4.52. The van der Waals surface area contributed by atoms with Crippen LogP contribution in [0.15, 0.2) is 10.6 Å². The molecule has 1 saturated carbocycles. The number of aromatic amines is 1. The fraction of sp³-hybridized carbons (Fsp3) is 0.647. The lowest BCUT2D eigenvalue weighted by Gasteiger charge is -2.10. The van der Waals surface area contributed by atoms with Gasteiger partial charge in [-0.1, -0.05) is 30.8 Å². The molecule has 1 aliphatic carbocycles. The first-order valence-corrected chi connectivity index (χ1v) is 8.85. The average molecular weight is 331 g/mol. The van der Waals surface area contributed by atoms with Crippen LogP contribution in [0, 0.1) is 6.92 Å². The third kappa shape index (κ3) is 4.66. The van der Waals surface area contributed by atoms with Gasteiger partial charge in [0.1, 0.15) is 0 Å². The zero-order chi connectivity index (χ0) is 16.8. The first-order chi connectivity index (χ1) is 11.7. The number of carbonyl (C=O) groups is 1. The van der Waals surface area contributed by atoms with E-state index in [1.54, 1.807) is 6.92 Å². The van der Waals surface area contributed by atoms with Crippen molar-refractivity contribution in [1.82, 2.24) is 20.3 Å². The van der Waals surface area contributed by atoms with Crippen LogP contribution in [0.1, 0.15) is 74.7 Å². The van der Waals surface area contributed by atoms with Gasteiger partial charge in [-0.3, -0.25) is 9.89 Å². The average Bonchev–Trinajstić information content (AvgIpc) is 3.09. The number of amides is 1. The van der Waals surface area contributed by atoms with E-state index in [9.17, 15) is 4.79 Å². The monoisotopic (exact) mass is 331 g/mol. The normalized spacial score (nSPS) is 16.0. The Bertz CT molecular complexity index is 655. The zero-order valence-corrected chi connectivity index (χ0v) is 14.2. The van der Waals surface area contributed by atoms with Gasteiger partial charge in [-0.2, -0.15) is 10.1 Å². The standard InChI is InChI=1S/C17H25N5O2/c1-12-18-17(24-22-12)10-6-9-16(23)19-15-11-14(20-21-15)13-7-4-2-3-5-8-13/h11,13H,2-10H2,1H3,(H2,19,20,21,23). The number of rotatable bonds is 6. The van der Waals surface area contributed by atoms with E-state index >= 15 is 0 Å². The van der Waals surface area contributed by atoms with E-state index in [1.165, 1.54) is 38.5 Å². The van der Waals surface area contributed by atoms with Gasteiger partial charge in [0, 0.05) is 30.5 Å². The van der Waals surface area contributed by atoms with Crippen LogP contribution >= 0.6 is 0 Å². The number of hydrogen-bond donors (Lipinski definition) is 2. The molecule has 7 heteroatoms. The van der Waals surface area contributed by atoms with E-state index in [4.69, 9.17) is 4.52 Å². The minimum absolute atomic E-state index is 0.0369. The Hall–Kier alpha value is -2.18. The molecule has 0 aromatic carbocycles. The van der Waals surface area contributed by atoms with Crippen molar-refractivity contribution in [2.75, 3.05) is 5.32 Å². The molecular weight excluding hydrogens is 306 g/mol. The van der Waals surface area contributed by atoms with Crippen LogP contribution in [0.3, 0.4) is 0 Å². The molecule has 2 heterocycles. The lowest BCUT2D eigenvalue weighted by atomic mass is 9.97. The van der Waals surface area contributed by atoms with Gasteiger partial charge in [0.25, 0.3) is 0 Å². The molecule has 0 bridgehead atoms. The van der Waals surface area contributed by atoms with Crippen molar-refractivity contribution in [2.24, 2.45) is 0 Å². The highest BCUT2D eigenvalue weighted by Gasteiger charge is 2.17. The highest BCUT2D eigenvalue weighted by molar-refractivity contribution is 5.89. The zero-order valence-electron chi connectivity index (χ0n) is 14.2. The van der Waals surface area contributed by atoms with Crippen LogP contribution in [0.5, 0.6) is 0 Å². The summed E-state index contributed by atoms with van der Waals surface area (Å²) in [7, 11) is 0. The lowest BCUT2D eigenvalue weighted by Crippen LogP contribution is -2.11. The second-order valence-electron chi connectivity index (χ2n) is 6.53. The van der Waals surface area contributed by atoms with E-state index in [1.807, 2.05) is 6.07 Å². The number of aryl methyl sites for hydroxylation is 2. The molecule has 130 valence electrons. The van der Waals surface area contributed by atoms with Crippen LogP contribution in [-0.2, 0) is 11.2 Å². The van der Waals surface area contributed by atoms with Crippen LogP contribution in [0.2, 0.25) is 0 Å². The van der Waals surface area contributed by atoms with Gasteiger partial charge >= 0.3 is 0 Å². The predicted molar refractivity (Wildman–Crippen MR) is 89.6 cm³/mol. The molecule has 1 aliphatic rings. The van der Waals surface area contributed by atoms with Crippen molar-refractivity contribution in [3.05, 3.63) is 23.5 Å². The molecule has 0 spiro atoms. The maximum atomic E-state index is 12.0. The SMILES string of the molecule is Cc1noc(CCCC(=O)Nc2cc(C3CCCCCC3)[nH]n2)n1. The fourth-order valence-corrected chi connectivity index (χ4v) is 3.25. The van der Waals surface area contributed by atoms with Gasteiger partial charge in [-0.05, 0) is 26.2 Å². The predicted octanol–water partition coefficient (Wildman–Crippen LogP) is 3.50. The molecule has 1 fully saturated rings. The molecule has 1 amide bonds. The topological polar surface area (TPSA) is 96.7 Å². The van der Waals surface area contributed by atoms with E-state index in [0.29, 0.717) is 42.7 Å². The summed E-state index contributed by atoms with van der Waals surface area (Å²) in [4.78, 5) is 16.1. The quantitative estimate of drug-likeness (QED) is 0.790. The summed E-state index contributed by atoms with van der Waals surface area (Å²) in [6, 6.07) is 1.98. The van der Waals surface area contributed by atoms with Crippen LogP contribution in [-0.4, -0.2) is 26.2 Å². The lowest BCUT2D eigenvalue weighted by molar-refractivity contribution is -0.116. The summed E-state index contributed by atoms with van der Waals surface area (Å²) in [5, 5.41) is 13.9. The van der Waals surface area contributed by atoms with Crippen LogP contribution in [0.25, 0.3) is 0 Å². The second kappa shape index (κ2) is 8.08. The number of nitrogens with one attached hydrogen (secondary N) is 2. The number of carbonyl (C=O) groups excluding carboxylic acids is 1.